The molecular formula is C21H39NO. The van der Waals surface area contributed by atoms with Gasteiger partial charge >= 0.3 is 0 Å². The first-order valence-electron chi connectivity index (χ1n) is 9.92. The zero-order valence-electron chi connectivity index (χ0n) is 16.8. The quantitative estimate of drug-likeness (QED) is 0.612. The molecule has 0 aromatic rings. The van der Waals surface area contributed by atoms with Crippen molar-refractivity contribution >= 4 is 0 Å². The molecule has 2 aliphatic rings. The van der Waals surface area contributed by atoms with Crippen molar-refractivity contribution in [2.75, 3.05) is 0 Å². The van der Waals surface area contributed by atoms with Crippen LogP contribution in [-0.2, 0) is 4.84 Å². The summed E-state index contributed by atoms with van der Waals surface area (Å²) in [5.74, 6) is 4.09. The highest BCUT2D eigenvalue weighted by Gasteiger charge is 2.54. The van der Waals surface area contributed by atoms with Gasteiger partial charge in [-0.15, -0.1) is 5.06 Å². The van der Waals surface area contributed by atoms with Crippen molar-refractivity contribution < 1.29 is 4.84 Å². The van der Waals surface area contributed by atoms with Crippen LogP contribution in [0.5, 0.6) is 0 Å². The van der Waals surface area contributed by atoms with Crippen molar-refractivity contribution in [1.29, 1.82) is 0 Å². The van der Waals surface area contributed by atoms with Crippen molar-refractivity contribution in [3.8, 4) is 0 Å². The predicted molar refractivity (Wildman–Crippen MR) is 98.9 cm³/mol. The molecule has 0 bridgehead atoms. The molecule has 2 nitrogen and oxygen atoms in total. The second-order valence-corrected chi connectivity index (χ2v) is 8.98. The van der Waals surface area contributed by atoms with Gasteiger partial charge in [0.15, 0.2) is 0 Å². The minimum Gasteiger partial charge on any atom is -0.409 e. The summed E-state index contributed by atoms with van der Waals surface area (Å²) >= 11 is 0. The Kier molecular flexibility index (Phi) is 5.87. The summed E-state index contributed by atoms with van der Waals surface area (Å²) in [5.41, 5.74) is 1.70. The molecule has 0 saturated heterocycles. The van der Waals surface area contributed by atoms with Crippen LogP contribution < -0.4 is 0 Å². The summed E-state index contributed by atoms with van der Waals surface area (Å²) in [5, 5.41) is 2.35. The van der Waals surface area contributed by atoms with Crippen LogP contribution in [0.25, 0.3) is 0 Å². The number of hydrogen-bond donors (Lipinski definition) is 0. The van der Waals surface area contributed by atoms with Crippen LogP contribution in [-0.4, -0.2) is 16.6 Å². The monoisotopic (exact) mass is 321 g/mol. The van der Waals surface area contributed by atoms with Crippen LogP contribution in [0.3, 0.4) is 0 Å². The second kappa shape index (κ2) is 7.17. The van der Waals surface area contributed by atoms with Crippen LogP contribution in [0.15, 0.2) is 11.3 Å². The van der Waals surface area contributed by atoms with E-state index in [4.69, 9.17) is 4.84 Å². The lowest BCUT2D eigenvalue weighted by atomic mass is 9.68. The SMILES string of the molecule is CC(C)C1CCCC2=C(CC1)ON(C(C)C)C2(C(C)C)C(C)C. The Morgan fingerprint density at radius 3 is 2.00 bits per heavy atom. The molecule has 23 heavy (non-hydrogen) atoms. The maximum Gasteiger partial charge on any atom is 0.125 e. The second-order valence-electron chi connectivity index (χ2n) is 8.98. The smallest absolute Gasteiger partial charge is 0.125 e. The van der Waals surface area contributed by atoms with Crippen LogP contribution in [0.1, 0.15) is 87.5 Å². The lowest BCUT2D eigenvalue weighted by Crippen LogP contribution is -2.56. The zero-order chi connectivity index (χ0) is 17.4. The zero-order valence-corrected chi connectivity index (χ0v) is 16.8. The summed E-state index contributed by atoms with van der Waals surface area (Å²) < 4.78 is 0. The average molecular weight is 322 g/mol. The molecule has 0 amide bonds. The molecule has 1 aliphatic heterocycles. The Morgan fingerprint density at radius 2 is 1.52 bits per heavy atom. The first-order valence-corrected chi connectivity index (χ1v) is 9.92. The first kappa shape index (κ1) is 18.8. The fourth-order valence-corrected chi connectivity index (χ4v) is 5.22. The third kappa shape index (κ3) is 3.21. The average Bonchev–Trinajstić information content (AvgIpc) is 2.73. The Labute approximate surface area is 144 Å². The third-order valence-electron chi connectivity index (χ3n) is 6.31. The van der Waals surface area contributed by atoms with Crippen LogP contribution in [0.4, 0.5) is 0 Å². The molecular weight excluding hydrogens is 282 g/mol. The summed E-state index contributed by atoms with van der Waals surface area (Å²) in [4.78, 5) is 6.54. The van der Waals surface area contributed by atoms with E-state index in [0.717, 1.165) is 18.3 Å². The fraction of sp³-hybridized carbons (Fsp3) is 0.905. The van der Waals surface area contributed by atoms with Gasteiger partial charge in [-0.2, -0.15) is 0 Å². The molecule has 0 saturated carbocycles. The Morgan fingerprint density at radius 1 is 0.913 bits per heavy atom. The lowest BCUT2D eigenvalue weighted by molar-refractivity contribution is -0.202. The number of allylic oxidation sites excluding steroid dienone is 1. The summed E-state index contributed by atoms with van der Waals surface area (Å²) in [6.07, 6.45) is 6.33. The van der Waals surface area contributed by atoms with E-state index >= 15 is 0 Å². The van der Waals surface area contributed by atoms with Crippen LogP contribution in [0, 0.1) is 23.7 Å². The van der Waals surface area contributed by atoms with Gasteiger partial charge in [-0.1, -0.05) is 41.5 Å². The van der Waals surface area contributed by atoms with Crippen molar-refractivity contribution in [1.82, 2.24) is 5.06 Å². The van der Waals surface area contributed by atoms with E-state index in [-0.39, 0.29) is 5.54 Å². The molecule has 2 heteroatoms. The van der Waals surface area contributed by atoms with E-state index in [2.05, 4.69) is 60.5 Å². The van der Waals surface area contributed by atoms with Crippen LogP contribution in [0.2, 0.25) is 0 Å². The molecule has 134 valence electrons. The van der Waals surface area contributed by atoms with Gasteiger partial charge in [0, 0.05) is 12.5 Å². The van der Waals surface area contributed by atoms with Crippen molar-refractivity contribution in [3.63, 3.8) is 0 Å². The van der Waals surface area contributed by atoms with Crippen molar-refractivity contribution in [2.24, 2.45) is 23.7 Å². The minimum absolute atomic E-state index is 0.0775. The molecule has 1 heterocycles. The minimum atomic E-state index is 0.0775. The highest BCUT2D eigenvalue weighted by atomic mass is 16.7. The van der Waals surface area contributed by atoms with Crippen LogP contribution >= 0.6 is 0 Å². The Bertz CT molecular complexity index is 425. The van der Waals surface area contributed by atoms with Gasteiger partial charge < -0.3 is 4.84 Å². The normalized spacial score (nSPS) is 26.0. The number of hydrogen-bond acceptors (Lipinski definition) is 2. The van der Waals surface area contributed by atoms with E-state index in [1.54, 1.807) is 5.57 Å². The molecule has 0 radical (unpaired) electrons. The predicted octanol–water partition coefficient (Wildman–Crippen LogP) is 6.18. The molecule has 1 unspecified atom stereocenters. The maximum atomic E-state index is 6.54. The summed E-state index contributed by atoms with van der Waals surface area (Å²) in [6.45, 7) is 18.8. The maximum absolute atomic E-state index is 6.54. The molecule has 0 fully saturated rings. The molecule has 2 rings (SSSR count). The van der Waals surface area contributed by atoms with Gasteiger partial charge in [0.25, 0.3) is 0 Å². The van der Waals surface area contributed by atoms with E-state index < -0.39 is 0 Å². The van der Waals surface area contributed by atoms with Crippen molar-refractivity contribution in [2.45, 2.75) is 99.1 Å². The number of nitrogens with zero attached hydrogens (tertiary/aromatic N) is 1. The molecule has 0 aromatic heterocycles. The number of rotatable bonds is 4. The topological polar surface area (TPSA) is 12.5 Å². The van der Waals surface area contributed by atoms with Gasteiger partial charge in [0.2, 0.25) is 0 Å². The van der Waals surface area contributed by atoms with E-state index in [1.165, 1.54) is 31.4 Å². The van der Waals surface area contributed by atoms with Gasteiger partial charge in [-0.3, -0.25) is 0 Å². The van der Waals surface area contributed by atoms with E-state index in [1.807, 2.05) is 0 Å². The van der Waals surface area contributed by atoms with E-state index in [0.29, 0.717) is 17.9 Å². The standard InChI is InChI=1S/C21H39NO/c1-14(2)18-10-9-11-19-20(13-12-18)23-22(17(7)8)21(19,15(3)4)16(5)6/h14-18H,9-13H2,1-8H3. The van der Waals surface area contributed by atoms with Gasteiger partial charge in [-0.25, -0.2) is 0 Å². The summed E-state index contributed by atoms with van der Waals surface area (Å²) in [6, 6.07) is 0.411. The molecule has 0 N–H and O–H groups in total. The molecule has 0 spiro atoms. The van der Waals surface area contributed by atoms with Crippen molar-refractivity contribution in [3.05, 3.63) is 11.3 Å². The lowest BCUT2D eigenvalue weighted by Gasteiger charge is -2.47. The molecule has 0 aromatic carbocycles. The highest BCUT2D eigenvalue weighted by Crippen LogP contribution is 2.51. The molecule has 1 aliphatic carbocycles. The Balaban J connectivity index is 2.41. The fourth-order valence-electron chi connectivity index (χ4n) is 5.22. The Hall–Kier alpha value is -0.500. The summed E-state index contributed by atoms with van der Waals surface area (Å²) in [7, 11) is 0. The van der Waals surface area contributed by atoms with Gasteiger partial charge in [0.1, 0.15) is 5.76 Å². The van der Waals surface area contributed by atoms with Gasteiger partial charge in [0.05, 0.1) is 5.54 Å². The van der Waals surface area contributed by atoms with E-state index in [9.17, 15) is 0 Å². The third-order valence-corrected chi connectivity index (χ3v) is 6.31. The van der Waals surface area contributed by atoms with Gasteiger partial charge in [-0.05, 0) is 68.8 Å². The largest absolute Gasteiger partial charge is 0.409 e. The first-order chi connectivity index (χ1) is 10.7. The highest BCUT2D eigenvalue weighted by molar-refractivity contribution is 5.30. The molecule has 1 atom stereocenters. The number of hydroxylamine groups is 2.